The van der Waals surface area contributed by atoms with Gasteiger partial charge in [-0.3, -0.25) is 4.79 Å². The summed E-state index contributed by atoms with van der Waals surface area (Å²) in [7, 11) is 0. The molecule has 3 rings (SSSR count). The molecular formula is C14H8Cl2N2O. The fourth-order valence-electron chi connectivity index (χ4n) is 2.02. The fraction of sp³-hybridized carbons (Fsp3) is 0. The van der Waals surface area contributed by atoms with Crippen LogP contribution in [0, 0.1) is 0 Å². The Bertz CT molecular complexity index is 822. The number of nitrogens with one attached hydrogen (secondary N) is 1. The van der Waals surface area contributed by atoms with Gasteiger partial charge in [0.25, 0.3) is 5.56 Å². The molecule has 1 heterocycles. The van der Waals surface area contributed by atoms with Crippen molar-refractivity contribution >= 4 is 34.1 Å². The monoisotopic (exact) mass is 290 g/mol. The Morgan fingerprint density at radius 3 is 2.68 bits per heavy atom. The van der Waals surface area contributed by atoms with Gasteiger partial charge in [-0.25, -0.2) is 4.98 Å². The number of rotatable bonds is 1. The van der Waals surface area contributed by atoms with E-state index in [2.05, 4.69) is 9.97 Å². The summed E-state index contributed by atoms with van der Waals surface area (Å²) in [6.07, 6.45) is 1.39. The minimum absolute atomic E-state index is 0.174. The molecule has 0 unspecified atom stereocenters. The van der Waals surface area contributed by atoms with Crippen LogP contribution in [-0.4, -0.2) is 9.97 Å². The number of hydrogen-bond donors (Lipinski definition) is 1. The van der Waals surface area contributed by atoms with Crippen molar-refractivity contribution in [3.8, 4) is 11.1 Å². The Morgan fingerprint density at radius 2 is 1.89 bits per heavy atom. The Labute approximate surface area is 118 Å². The Hall–Kier alpha value is -1.84. The average Bonchev–Trinajstić information content (AvgIpc) is 2.42. The van der Waals surface area contributed by atoms with Crippen molar-refractivity contribution in [3.05, 3.63) is 63.1 Å². The van der Waals surface area contributed by atoms with E-state index in [0.29, 0.717) is 20.9 Å². The molecule has 1 N–H and O–H groups in total. The van der Waals surface area contributed by atoms with Gasteiger partial charge in [0, 0.05) is 0 Å². The SMILES string of the molecule is O=c1[nH]cnc2cccc(-c3ccc(Cl)c(Cl)c3)c12. The minimum Gasteiger partial charge on any atom is -0.313 e. The standard InChI is InChI=1S/C14H8Cl2N2O/c15-10-5-4-8(6-11(10)16)9-2-1-3-12-13(9)14(19)18-7-17-12/h1-7H,(H,17,18,19). The van der Waals surface area contributed by atoms with Gasteiger partial charge in [0.1, 0.15) is 0 Å². The third-order valence-corrected chi connectivity index (χ3v) is 3.64. The molecule has 0 saturated carbocycles. The van der Waals surface area contributed by atoms with Crippen molar-refractivity contribution in [2.45, 2.75) is 0 Å². The summed E-state index contributed by atoms with van der Waals surface area (Å²) in [5.41, 5.74) is 2.09. The first-order chi connectivity index (χ1) is 9.16. The molecule has 2 aromatic carbocycles. The molecule has 0 aliphatic heterocycles. The quantitative estimate of drug-likeness (QED) is 0.739. The molecular weight excluding hydrogens is 283 g/mol. The molecule has 19 heavy (non-hydrogen) atoms. The van der Waals surface area contributed by atoms with E-state index in [0.717, 1.165) is 11.1 Å². The second-order valence-electron chi connectivity index (χ2n) is 4.06. The van der Waals surface area contributed by atoms with Crippen LogP contribution in [0.4, 0.5) is 0 Å². The summed E-state index contributed by atoms with van der Waals surface area (Å²) in [5, 5.41) is 1.48. The van der Waals surface area contributed by atoms with Crippen molar-refractivity contribution < 1.29 is 0 Å². The van der Waals surface area contributed by atoms with Crippen molar-refractivity contribution in [2.75, 3.05) is 0 Å². The van der Waals surface area contributed by atoms with Crippen LogP contribution in [0.5, 0.6) is 0 Å². The number of nitrogens with zero attached hydrogens (tertiary/aromatic N) is 1. The lowest BCUT2D eigenvalue weighted by Crippen LogP contribution is -2.07. The smallest absolute Gasteiger partial charge is 0.259 e. The highest BCUT2D eigenvalue weighted by Gasteiger charge is 2.09. The maximum atomic E-state index is 12.0. The van der Waals surface area contributed by atoms with Crippen LogP contribution >= 0.6 is 23.2 Å². The van der Waals surface area contributed by atoms with Crippen LogP contribution in [0.1, 0.15) is 0 Å². The van der Waals surface area contributed by atoms with Gasteiger partial charge in [-0.15, -0.1) is 0 Å². The Kier molecular flexibility index (Phi) is 3.01. The van der Waals surface area contributed by atoms with E-state index in [-0.39, 0.29) is 5.56 Å². The summed E-state index contributed by atoms with van der Waals surface area (Å²) >= 11 is 11.9. The molecule has 0 saturated heterocycles. The van der Waals surface area contributed by atoms with E-state index in [1.54, 1.807) is 18.2 Å². The lowest BCUT2D eigenvalue weighted by Gasteiger charge is -2.06. The third kappa shape index (κ3) is 2.11. The van der Waals surface area contributed by atoms with Crippen molar-refractivity contribution in [1.29, 1.82) is 0 Å². The van der Waals surface area contributed by atoms with Crippen LogP contribution in [0.3, 0.4) is 0 Å². The highest BCUT2D eigenvalue weighted by atomic mass is 35.5. The topological polar surface area (TPSA) is 45.8 Å². The summed E-state index contributed by atoms with van der Waals surface area (Å²) < 4.78 is 0. The molecule has 0 fully saturated rings. The second kappa shape index (κ2) is 4.68. The molecule has 0 radical (unpaired) electrons. The largest absolute Gasteiger partial charge is 0.313 e. The van der Waals surface area contributed by atoms with Gasteiger partial charge in [-0.05, 0) is 29.3 Å². The van der Waals surface area contributed by atoms with Crippen molar-refractivity contribution in [2.24, 2.45) is 0 Å². The first-order valence-electron chi connectivity index (χ1n) is 5.58. The third-order valence-electron chi connectivity index (χ3n) is 2.90. The second-order valence-corrected chi connectivity index (χ2v) is 4.87. The molecule has 0 amide bonds. The van der Waals surface area contributed by atoms with Gasteiger partial charge in [0.2, 0.25) is 0 Å². The zero-order valence-electron chi connectivity index (χ0n) is 9.65. The van der Waals surface area contributed by atoms with Crippen LogP contribution in [0.2, 0.25) is 10.0 Å². The number of fused-ring (bicyclic) bond motifs is 1. The van der Waals surface area contributed by atoms with E-state index in [1.807, 2.05) is 18.2 Å². The highest BCUT2D eigenvalue weighted by molar-refractivity contribution is 6.42. The fourth-order valence-corrected chi connectivity index (χ4v) is 2.32. The van der Waals surface area contributed by atoms with Gasteiger partial charge >= 0.3 is 0 Å². The van der Waals surface area contributed by atoms with E-state index >= 15 is 0 Å². The molecule has 3 aromatic rings. The minimum atomic E-state index is -0.174. The van der Waals surface area contributed by atoms with Gasteiger partial charge in [-0.1, -0.05) is 41.4 Å². The number of hydrogen-bond acceptors (Lipinski definition) is 2. The maximum Gasteiger partial charge on any atom is 0.259 e. The van der Waals surface area contributed by atoms with E-state index in [4.69, 9.17) is 23.2 Å². The van der Waals surface area contributed by atoms with Crippen molar-refractivity contribution in [3.63, 3.8) is 0 Å². The molecule has 5 heteroatoms. The zero-order chi connectivity index (χ0) is 13.4. The van der Waals surface area contributed by atoms with Crippen molar-refractivity contribution in [1.82, 2.24) is 9.97 Å². The number of H-pyrrole nitrogens is 1. The average molecular weight is 291 g/mol. The lowest BCUT2D eigenvalue weighted by molar-refractivity contribution is 1.17. The molecule has 0 aliphatic carbocycles. The van der Waals surface area contributed by atoms with E-state index in [9.17, 15) is 4.79 Å². The molecule has 0 spiro atoms. The number of halogens is 2. The number of aromatic nitrogens is 2. The zero-order valence-corrected chi connectivity index (χ0v) is 11.2. The summed E-state index contributed by atoms with van der Waals surface area (Å²) in [4.78, 5) is 18.7. The number of aromatic amines is 1. The van der Waals surface area contributed by atoms with Crippen LogP contribution in [0.25, 0.3) is 22.0 Å². The highest BCUT2D eigenvalue weighted by Crippen LogP contribution is 2.30. The maximum absolute atomic E-state index is 12.0. The lowest BCUT2D eigenvalue weighted by atomic mass is 10.0. The first-order valence-corrected chi connectivity index (χ1v) is 6.34. The predicted octanol–water partition coefficient (Wildman–Crippen LogP) is 3.90. The van der Waals surface area contributed by atoms with Crippen LogP contribution in [-0.2, 0) is 0 Å². The van der Waals surface area contributed by atoms with Gasteiger partial charge < -0.3 is 4.98 Å². The predicted molar refractivity (Wildman–Crippen MR) is 77.8 cm³/mol. The summed E-state index contributed by atoms with van der Waals surface area (Å²) in [6, 6.07) is 10.8. The molecule has 0 bridgehead atoms. The van der Waals surface area contributed by atoms with Gasteiger partial charge in [0.15, 0.2) is 0 Å². The van der Waals surface area contributed by atoms with E-state index < -0.39 is 0 Å². The van der Waals surface area contributed by atoms with Crippen LogP contribution < -0.4 is 5.56 Å². The Morgan fingerprint density at radius 1 is 1.05 bits per heavy atom. The summed E-state index contributed by atoms with van der Waals surface area (Å²) in [6.45, 7) is 0. The molecule has 3 nitrogen and oxygen atoms in total. The van der Waals surface area contributed by atoms with Crippen LogP contribution in [0.15, 0.2) is 47.5 Å². The Balaban J connectivity index is 2.36. The molecule has 94 valence electrons. The normalized spacial score (nSPS) is 10.8. The number of benzene rings is 2. The summed E-state index contributed by atoms with van der Waals surface area (Å²) in [5.74, 6) is 0. The van der Waals surface area contributed by atoms with Gasteiger partial charge in [-0.2, -0.15) is 0 Å². The molecule has 1 aromatic heterocycles. The first kappa shape index (κ1) is 12.2. The van der Waals surface area contributed by atoms with Gasteiger partial charge in [0.05, 0.1) is 27.3 Å². The van der Waals surface area contributed by atoms with E-state index in [1.165, 1.54) is 6.33 Å². The molecule has 0 atom stereocenters. The molecule has 0 aliphatic rings.